The minimum absolute atomic E-state index is 0.268. The lowest BCUT2D eigenvalue weighted by Gasteiger charge is -2.12. The summed E-state index contributed by atoms with van der Waals surface area (Å²) in [5.41, 5.74) is 3.36. The Hall–Kier alpha value is -2.62. The van der Waals surface area contributed by atoms with Crippen LogP contribution in [-0.4, -0.2) is 11.6 Å². The van der Waals surface area contributed by atoms with E-state index in [2.05, 4.69) is 10.3 Å². The minimum Gasteiger partial charge on any atom is -0.494 e. The lowest BCUT2D eigenvalue weighted by atomic mass is 10.1. The van der Waals surface area contributed by atoms with Crippen LogP contribution in [0.4, 0.5) is 15.8 Å². The SMILES string of the molecule is CCOc1ccc2nc(C)cc(Nc3cccc(F)c3)c2c1. The molecule has 0 aliphatic rings. The molecule has 0 amide bonds. The Balaban J connectivity index is 2.08. The number of aromatic nitrogens is 1. The van der Waals surface area contributed by atoms with Crippen LogP contribution in [0.25, 0.3) is 10.9 Å². The zero-order chi connectivity index (χ0) is 15.5. The number of hydrogen-bond donors (Lipinski definition) is 1. The predicted octanol–water partition coefficient (Wildman–Crippen LogP) is 4.82. The molecule has 1 heterocycles. The molecule has 3 aromatic rings. The summed E-state index contributed by atoms with van der Waals surface area (Å²) in [5, 5.41) is 4.21. The van der Waals surface area contributed by atoms with Gasteiger partial charge < -0.3 is 10.1 Å². The van der Waals surface area contributed by atoms with Crippen molar-refractivity contribution in [3.8, 4) is 5.75 Å². The third-order valence-corrected chi connectivity index (χ3v) is 3.32. The molecule has 112 valence electrons. The summed E-state index contributed by atoms with van der Waals surface area (Å²) >= 11 is 0. The number of ether oxygens (including phenoxy) is 1. The number of pyridine rings is 1. The molecular weight excluding hydrogens is 279 g/mol. The zero-order valence-electron chi connectivity index (χ0n) is 12.6. The van der Waals surface area contributed by atoms with Crippen molar-refractivity contribution in [3.05, 3.63) is 60.0 Å². The molecule has 1 N–H and O–H groups in total. The smallest absolute Gasteiger partial charge is 0.125 e. The van der Waals surface area contributed by atoms with Crippen LogP contribution in [0.15, 0.2) is 48.5 Å². The highest BCUT2D eigenvalue weighted by atomic mass is 19.1. The number of anilines is 2. The van der Waals surface area contributed by atoms with Crippen LogP contribution in [0.3, 0.4) is 0 Å². The van der Waals surface area contributed by atoms with Crippen molar-refractivity contribution < 1.29 is 9.13 Å². The number of benzene rings is 2. The van der Waals surface area contributed by atoms with Crippen molar-refractivity contribution in [1.29, 1.82) is 0 Å². The third-order valence-electron chi connectivity index (χ3n) is 3.32. The highest BCUT2D eigenvalue weighted by molar-refractivity contribution is 5.94. The Labute approximate surface area is 128 Å². The van der Waals surface area contributed by atoms with Crippen molar-refractivity contribution in [3.63, 3.8) is 0 Å². The van der Waals surface area contributed by atoms with Gasteiger partial charge in [-0.25, -0.2) is 4.39 Å². The average molecular weight is 296 g/mol. The molecule has 0 atom stereocenters. The van der Waals surface area contributed by atoms with Gasteiger partial charge in [0.25, 0.3) is 0 Å². The molecule has 0 unspecified atom stereocenters. The summed E-state index contributed by atoms with van der Waals surface area (Å²) in [6, 6.07) is 14.1. The number of hydrogen-bond acceptors (Lipinski definition) is 3. The summed E-state index contributed by atoms with van der Waals surface area (Å²) in [5.74, 6) is 0.526. The molecule has 0 saturated carbocycles. The van der Waals surface area contributed by atoms with Gasteiger partial charge in [-0.3, -0.25) is 4.98 Å². The normalized spacial score (nSPS) is 10.7. The highest BCUT2D eigenvalue weighted by Crippen LogP contribution is 2.29. The molecular formula is C18H17FN2O. The fourth-order valence-corrected chi connectivity index (χ4v) is 2.42. The van der Waals surface area contributed by atoms with E-state index in [9.17, 15) is 4.39 Å². The monoisotopic (exact) mass is 296 g/mol. The van der Waals surface area contributed by atoms with Gasteiger partial charge in [-0.2, -0.15) is 0 Å². The topological polar surface area (TPSA) is 34.1 Å². The summed E-state index contributed by atoms with van der Waals surface area (Å²) in [6.07, 6.45) is 0. The molecule has 22 heavy (non-hydrogen) atoms. The molecule has 0 aliphatic heterocycles. The van der Waals surface area contributed by atoms with Crippen LogP contribution < -0.4 is 10.1 Å². The Morgan fingerprint density at radius 3 is 2.77 bits per heavy atom. The van der Waals surface area contributed by atoms with Crippen molar-refractivity contribution in [2.45, 2.75) is 13.8 Å². The molecule has 0 bridgehead atoms. The molecule has 0 fully saturated rings. The maximum atomic E-state index is 13.4. The molecule has 2 aromatic carbocycles. The Kier molecular flexibility index (Phi) is 3.92. The third kappa shape index (κ3) is 3.01. The van der Waals surface area contributed by atoms with E-state index in [4.69, 9.17) is 4.74 Å². The fraction of sp³-hybridized carbons (Fsp3) is 0.167. The van der Waals surface area contributed by atoms with Gasteiger partial charge in [0.2, 0.25) is 0 Å². The zero-order valence-corrected chi connectivity index (χ0v) is 12.6. The molecule has 3 rings (SSSR count). The standard InChI is InChI=1S/C18H17FN2O/c1-3-22-15-7-8-17-16(11-15)18(9-12(2)20-17)21-14-6-4-5-13(19)10-14/h4-11H,3H2,1-2H3,(H,20,21). The maximum Gasteiger partial charge on any atom is 0.125 e. The largest absolute Gasteiger partial charge is 0.494 e. The van der Waals surface area contributed by atoms with E-state index in [1.165, 1.54) is 12.1 Å². The van der Waals surface area contributed by atoms with Gasteiger partial charge in [0.15, 0.2) is 0 Å². The summed E-state index contributed by atoms with van der Waals surface area (Å²) in [4.78, 5) is 4.53. The lowest BCUT2D eigenvalue weighted by molar-refractivity contribution is 0.340. The first-order valence-corrected chi connectivity index (χ1v) is 7.22. The van der Waals surface area contributed by atoms with Gasteiger partial charge in [-0.05, 0) is 56.3 Å². The first kappa shape index (κ1) is 14.3. The van der Waals surface area contributed by atoms with Crippen molar-refractivity contribution in [2.24, 2.45) is 0 Å². The Morgan fingerprint density at radius 1 is 1.14 bits per heavy atom. The second-order valence-electron chi connectivity index (χ2n) is 5.06. The molecule has 0 radical (unpaired) electrons. The lowest BCUT2D eigenvalue weighted by Crippen LogP contribution is -1.96. The fourth-order valence-electron chi connectivity index (χ4n) is 2.42. The van der Waals surface area contributed by atoms with Gasteiger partial charge in [-0.1, -0.05) is 6.07 Å². The van der Waals surface area contributed by atoms with Gasteiger partial charge in [0.05, 0.1) is 12.1 Å². The summed E-state index contributed by atoms with van der Waals surface area (Å²) in [7, 11) is 0. The number of fused-ring (bicyclic) bond motifs is 1. The van der Waals surface area contributed by atoms with Crippen LogP contribution in [0, 0.1) is 12.7 Å². The second kappa shape index (κ2) is 6.02. The number of nitrogens with one attached hydrogen (secondary N) is 1. The van der Waals surface area contributed by atoms with Crippen LogP contribution in [0.2, 0.25) is 0 Å². The van der Waals surface area contributed by atoms with Crippen LogP contribution in [0.5, 0.6) is 5.75 Å². The second-order valence-corrected chi connectivity index (χ2v) is 5.06. The Bertz CT molecular complexity index is 817. The molecule has 0 aliphatic carbocycles. The molecule has 0 saturated heterocycles. The first-order chi connectivity index (χ1) is 10.7. The first-order valence-electron chi connectivity index (χ1n) is 7.22. The van der Waals surface area contributed by atoms with Gasteiger partial charge in [0, 0.05) is 22.5 Å². The van der Waals surface area contributed by atoms with E-state index >= 15 is 0 Å². The van der Waals surface area contributed by atoms with E-state index in [1.807, 2.05) is 44.2 Å². The van der Waals surface area contributed by atoms with E-state index in [0.717, 1.165) is 28.0 Å². The number of halogens is 1. The van der Waals surface area contributed by atoms with Crippen molar-refractivity contribution in [2.75, 3.05) is 11.9 Å². The average Bonchev–Trinajstić information content (AvgIpc) is 2.48. The molecule has 1 aromatic heterocycles. The van der Waals surface area contributed by atoms with Gasteiger partial charge in [-0.15, -0.1) is 0 Å². The van der Waals surface area contributed by atoms with E-state index < -0.39 is 0 Å². The summed E-state index contributed by atoms with van der Waals surface area (Å²) in [6.45, 7) is 4.49. The van der Waals surface area contributed by atoms with Gasteiger partial charge in [0.1, 0.15) is 11.6 Å². The van der Waals surface area contributed by atoms with Crippen LogP contribution in [0.1, 0.15) is 12.6 Å². The number of nitrogens with zero attached hydrogens (tertiary/aromatic N) is 1. The van der Waals surface area contributed by atoms with Crippen molar-refractivity contribution >= 4 is 22.3 Å². The van der Waals surface area contributed by atoms with Crippen LogP contribution >= 0.6 is 0 Å². The highest BCUT2D eigenvalue weighted by Gasteiger charge is 2.07. The molecule has 4 heteroatoms. The Morgan fingerprint density at radius 2 is 2.00 bits per heavy atom. The maximum absolute atomic E-state index is 13.4. The minimum atomic E-state index is -0.268. The van der Waals surface area contributed by atoms with Gasteiger partial charge >= 0.3 is 0 Å². The summed E-state index contributed by atoms with van der Waals surface area (Å²) < 4.78 is 18.9. The van der Waals surface area contributed by atoms with E-state index in [1.54, 1.807) is 6.07 Å². The predicted molar refractivity (Wildman–Crippen MR) is 87.3 cm³/mol. The van der Waals surface area contributed by atoms with Crippen molar-refractivity contribution in [1.82, 2.24) is 4.98 Å². The van der Waals surface area contributed by atoms with E-state index in [-0.39, 0.29) is 5.82 Å². The number of rotatable bonds is 4. The number of aryl methyl sites for hydroxylation is 1. The van der Waals surface area contributed by atoms with Crippen LogP contribution in [-0.2, 0) is 0 Å². The molecule has 3 nitrogen and oxygen atoms in total. The molecule has 0 spiro atoms. The van der Waals surface area contributed by atoms with E-state index in [0.29, 0.717) is 12.3 Å². The quantitative estimate of drug-likeness (QED) is 0.749.